The van der Waals surface area contributed by atoms with E-state index in [-0.39, 0.29) is 6.10 Å². The van der Waals surface area contributed by atoms with E-state index in [1.807, 2.05) is 6.92 Å². The molecule has 1 N–H and O–H groups in total. The van der Waals surface area contributed by atoms with E-state index in [4.69, 9.17) is 5.11 Å². The third kappa shape index (κ3) is 6.09. The topological polar surface area (TPSA) is 20.2 Å². The Bertz CT molecular complexity index is 61.7. The summed E-state index contributed by atoms with van der Waals surface area (Å²) < 4.78 is 0. The van der Waals surface area contributed by atoms with Gasteiger partial charge in [-0.1, -0.05) is 39.5 Å². The van der Waals surface area contributed by atoms with Crippen molar-refractivity contribution >= 4 is 0 Å². The molecule has 1 atom stereocenters. The summed E-state index contributed by atoms with van der Waals surface area (Å²) in [5, 5.41) is 9.16. The molecule has 0 saturated carbocycles. The molecular weight excluding hydrogens is 124 g/mol. The molecule has 0 aliphatic heterocycles. The van der Waals surface area contributed by atoms with E-state index in [2.05, 4.69) is 6.92 Å². The zero-order valence-corrected chi connectivity index (χ0v) is 7.27. The van der Waals surface area contributed by atoms with Gasteiger partial charge in [0.15, 0.2) is 0 Å². The van der Waals surface area contributed by atoms with Crippen LogP contribution in [0.5, 0.6) is 0 Å². The maximum absolute atomic E-state index is 9.16. The van der Waals surface area contributed by atoms with E-state index in [0.717, 1.165) is 12.8 Å². The fourth-order valence-electron chi connectivity index (χ4n) is 1.01. The second-order valence-electron chi connectivity index (χ2n) is 2.91. The van der Waals surface area contributed by atoms with Gasteiger partial charge in [0.2, 0.25) is 0 Å². The van der Waals surface area contributed by atoms with Gasteiger partial charge in [0.25, 0.3) is 0 Å². The number of aliphatic hydroxyl groups is 1. The van der Waals surface area contributed by atoms with Gasteiger partial charge in [0.1, 0.15) is 0 Å². The van der Waals surface area contributed by atoms with Crippen molar-refractivity contribution in [3.63, 3.8) is 0 Å². The number of hydrogen-bond donors (Lipinski definition) is 1. The summed E-state index contributed by atoms with van der Waals surface area (Å²) in [5.74, 6) is 0. The fourth-order valence-corrected chi connectivity index (χ4v) is 1.01. The Labute approximate surface area is 64.5 Å². The molecule has 0 fully saturated rings. The van der Waals surface area contributed by atoms with Gasteiger partial charge in [0, 0.05) is 0 Å². The largest absolute Gasteiger partial charge is 0.393 e. The summed E-state index contributed by atoms with van der Waals surface area (Å²) in [5.41, 5.74) is 0. The van der Waals surface area contributed by atoms with Gasteiger partial charge in [-0.3, -0.25) is 0 Å². The Morgan fingerprint density at radius 3 is 2.30 bits per heavy atom. The van der Waals surface area contributed by atoms with Crippen molar-refractivity contribution in [3.05, 3.63) is 0 Å². The summed E-state index contributed by atoms with van der Waals surface area (Å²) in [4.78, 5) is 0. The highest BCUT2D eigenvalue weighted by molar-refractivity contribution is 4.51. The molecule has 10 heavy (non-hydrogen) atoms. The second-order valence-corrected chi connectivity index (χ2v) is 2.91. The Balaban J connectivity index is 2.89. The van der Waals surface area contributed by atoms with Crippen LogP contribution >= 0.6 is 0 Å². The minimum atomic E-state index is -0.0446. The molecule has 1 nitrogen and oxygen atoms in total. The van der Waals surface area contributed by atoms with Crippen molar-refractivity contribution in [2.45, 2.75) is 58.5 Å². The van der Waals surface area contributed by atoms with Crippen molar-refractivity contribution < 1.29 is 5.11 Å². The third-order valence-electron chi connectivity index (χ3n) is 1.86. The van der Waals surface area contributed by atoms with E-state index in [1.165, 1.54) is 25.7 Å². The van der Waals surface area contributed by atoms with Crippen LogP contribution < -0.4 is 0 Å². The van der Waals surface area contributed by atoms with Gasteiger partial charge in [-0.05, 0) is 12.8 Å². The van der Waals surface area contributed by atoms with Crippen LogP contribution in [0.25, 0.3) is 0 Å². The Morgan fingerprint density at radius 1 is 1.10 bits per heavy atom. The van der Waals surface area contributed by atoms with Gasteiger partial charge in [-0.2, -0.15) is 0 Å². The molecule has 0 amide bonds. The fraction of sp³-hybridized carbons (Fsp3) is 1.00. The van der Waals surface area contributed by atoms with Crippen LogP contribution in [0.3, 0.4) is 0 Å². The molecule has 0 aromatic rings. The Morgan fingerprint density at radius 2 is 1.80 bits per heavy atom. The van der Waals surface area contributed by atoms with Crippen LogP contribution in [0.15, 0.2) is 0 Å². The van der Waals surface area contributed by atoms with Crippen molar-refractivity contribution in [3.8, 4) is 0 Å². The van der Waals surface area contributed by atoms with Gasteiger partial charge < -0.3 is 5.11 Å². The molecule has 0 unspecified atom stereocenters. The lowest BCUT2D eigenvalue weighted by atomic mass is 10.1. The minimum absolute atomic E-state index is 0.0446. The lowest BCUT2D eigenvalue weighted by Crippen LogP contribution is -2.03. The first kappa shape index (κ1) is 9.96. The number of hydrogen-bond acceptors (Lipinski definition) is 1. The highest BCUT2D eigenvalue weighted by atomic mass is 16.3. The summed E-state index contributed by atoms with van der Waals surface area (Å²) in [7, 11) is 0. The van der Waals surface area contributed by atoms with Crippen LogP contribution in [0.1, 0.15) is 52.4 Å². The quantitative estimate of drug-likeness (QED) is 0.568. The maximum atomic E-state index is 9.16. The Hall–Kier alpha value is -0.0400. The van der Waals surface area contributed by atoms with Crippen LogP contribution in [-0.4, -0.2) is 11.2 Å². The Kier molecular flexibility index (Phi) is 7.04. The molecule has 0 aliphatic rings. The zero-order chi connectivity index (χ0) is 7.82. The van der Waals surface area contributed by atoms with Gasteiger partial charge in [0.05, 0.1) is 6.10 Å². The standard InChI is InChI=1S/C9H20O/c1-3-5-6-7-8-9(10)4-2/h9-10H,3-8H2,1-2H3/t9-/m1/s1. The van der Waals surface area contributed by atoms with Crippen molar-refractivity contribution in [2.24, 2.45) is 0 Å². The number of aliphatic hydroxyl groups excluding tert-OH is 1. The molecule has 0 spiro atoms. The molecule has 62 valence electrons. The third-order valence-corrected chi connectivity index (χ3v) is 1.86. The zero-order valence-electron chi connectivity index (χ0n) is 7.27. The molecule has 0 heterocycles. The molecule has 0 radical (unpaired) electrons. The van der Waals surface area contributed by atoms with Crippen LogP contribution in [0.2, 0.25) is 0 Å². The molecule has 0 saturated heterocycles. The van der Waals surface area contributed by atoms with E-state index in [9.17, 15) is 0 Å². The van der Waals surface area contributed by atoms with Crippen LogP contribution in [-0.2, 0) is 0 Å². The molecule has 0 aliphatic carbocycles. The first-order chi connectivity index (χ1) is 4.81. The van der Waals surface area contributed by atoms with E-state index < -0.39 is 0 Å². The monoisotopic (exact) mass is 144 g/mol. The molecule has 0 aromatic heterocycles. The molecule has 0 rings (SSSR count). The maximum Gasteiger partial charge on any atom is 0.0537 e. The smallest absolute Gasteiger partial charge is 0.0537 e. The van der Waals surface area contributed by atoms with E-state index in [0.29, 0.717) is 0 Å². The normalized spacial score (nSPS) is 13.5. The van der Waals surface area contributed by atoms with Crippen molar-refractivity contribution in [1.29, 1.82) is 0 Å². The van der Waals surface area contributed by atoms with Gasteiger partial charge in [-0.25, -0.2) is 0 Å². The summed E-state index contributed by atoms with van der Waals surface area (Å²) in [6, 6.07) is 0. The lowest BCUT2D eigenvalue weighted by Gasteiger charge is -2.05. The van der Waals surface area contributed by atoms with Crippen molar-refractivity contribution in [1.82, 2.24) is 0 Å². The summed E-state index contributed by atoms with van der Waals surface area (Å²) in [6.45, 7) is 4.24. The molecular formula is C9H20O. The van der Waals surface area contributed by atoms with Crippen LogP contribution in [0, 0.1) is 0 Å². The number of rotatable bonds is 6. The van der Waals surface area contributed by atoms with Crippen LogP contribution in [0.4, 0.5) is 0 Å². The average Bonchev–Trinajstić information content (AvgIpc) is 1.98. The molecule has 0 aromatic carbocycles. The highest BCUT2D eigenvalue weighted by Gasteiger charge is 1.98. The minimum Gasteiger partial charge on any atom is -0.393 e. The number of unbranched alkanes of at least 4 members (excludes halogenated alkanes) is 3. The predicted octanol–water partition coefficient (Wildman–Crippen LogP) is 2.73. The average molecular weight is 144 g/mol. The summed E-state index contributed by atoms with van der Waals surface area (Å²) >= 11 is 0. The lowest BCUT2D eigenvalue weighted by molar-refractivity contribution is 0.156. The second kappa shape index (κ2) is 7.07. The van der Waals surface area contributed by atoms with E-state index >= 15 is 0 Å². The molecule has 1 heteroatoms. The SMILES string of the molecule is CCCCCC[C@H](O)CC. The van der Waals surface area contributed by atoms with Crippen molar-refractivity contribution in [2.75, 3.05) is 0 Å². The predicted molar refractivity (Wildman–Crippen MR) is 45.1 cm³/mol. The summed E-state index contributed by atoms with van der Waals surface area (Å²) in [6.07, 6.45) is 6.94. The highest BCUT2D eigenvalue weighted by Crippen LogP contribution is 2.06. The van der Waals surface area contributed by atoms with Gasteiger partial charge >= 0.3 is 0 Å². The van der Waals surface area contributed by atoms with Gasteiger partial charge in [-0.15, -0.1) is 0 Å². The van der Waals surface area contributed by atoms with E-state index in [1.54, 1.807) is 0 Å². The first-order valence-corrected chi connectivity index (χ1v) is 4.49. The molecule has 0 bridgehead atoms. The first-order valence-electron chi connectivity index (χ1n) is 4.49.